The number of fused-ring (bicyclic) bond motifs is 1. The van der Waals surface area contributed by atoms with E-state index in [1.54, 1.807) is 11.6 Å². The van der Waals surface area contributed by atoms with Crippen LogP contribution in [0.5, 0.6) is 0 Å². The Morgan fingerprint density at radius 1 is 1.50 bits per heavy atom. The Morgan fingerprint density at radius 2 is 2.17 bits per heavy atom. The molecule has 0 radical (unpaired) electrons. The van der Waals surface area contributed by atoms with Crippen LogP contribution in [-0.4, -0.2) is 19.1 Å². The fourth-order valence-corrected chi connectivity index (χ4v) is 1.92. The van der Waals surface area contributed by atoms with Gasteiger partial charge in [-0.2, -0.15) is 4.98 Å². The summed E-state index contributed by atoms with van der Waals surface area (Å²) in [5.41, 5.74) is 2.17. The fraction of sp³-hybridized carbons (Fsp3) is 0.500. The highest BCUT2D eigenvalue weighted by Crippen LogP contribution is 2.22. The Morgan fingerprint density at radius 3 is 2.72 bits per heavy atom. The molecule has 18 heavy (non-hydrogen) atoms. The highest BCUT2D eigenvalue weighted by Gasteiger charge is 2.19. The minimum absolute atomic E-state index is 0.0413. The lowest BCUT2D eigenvalue weighted by Crippen LogP contribution is -2.29. The van der Waals surface area contributed by atoms with Crippen LogP contribution in [0.25, 0.3) is 11.2 Å². The van der Waals surface area contributed by atoms with Crippen LogP contribution in [0.3, 0.4) is 0 Å². The number of aromatic amines is 1. The van der Waals surface area contributed by atoms with Crippen LogP contribution < -0.4 is 22.5 Å². The predicted octanol–water partition coefficient (Wildman–Crippen LogP) is -0.320. The van der Waals surface area contributed by atoms with E-state index in [2.05, 4.69) is 15.4 Å². The van der Waals surface area contributed by atoms with Gasteiger partial charge in [0.2, 0.25) is 5.95 Å². The van der Waals surface area contributed by atoms with Crippen molar-refractivity contribution >= 4 is 17.1 Å². The third-order valence-electron chi connectivity index (χ3n) is 3.11. The summed E-state index contributed by atoms with van der Waals surface area (Å²) in [7, 11) is 1.55. The van der Waals surface area contributed by atoms with Crippen LogP contribution >= 0.6 is 0 Å². The summed E-state index contributed by atoms with van der Waals surface area (Å²) in [5.74, 6) is 5.78. The van der Waals surface area contributed by atoms with Gasteiger partial charge in [0, 0.05) is 13.1 Å². The maximum absolute atomic E-state index is 11.9. The highest BCUT2D eigenvalue weighted by atomic mass is 16.2. The number of aryl methyl sites for hydroxylation is 1. The smallest absolute Gasteiger partial charge is 0.300 e. The number of hydrogen-bond donors (Lipinski definition) is 3. The van der Waals surface area contributed by atoms with Crippen LogP contribution in [0.4, 0.5) is 5.95 Å². The largest absolute Gasteiger partial charge is 0.329 e. The van der Waals surface area contributed by atoms with E-state index in [1.165, 1.54) is 4.57 Å². The molecule has 2 aromatic heterocycles. The maximum atomic E-state index is 11.9. The van der Waals surface area contributed by atoms with Gasteiger partial charge in [-0.3, -0.25) is 19.8 Å². The van der Waals surface area contributed by atoms with Crippen molar-refractivity contribution in [1.82, 2.24) is 19.1 Å². The van der Waals surface area contributed by atoms with Gasteiger partial charge in [-0.25, -0.2) is 10.6 Å². The van der Waals surface area contributed by atoms with Crippen LogP contribution in [0.15, 0.2) is 9.59 Å². The molecule has 8 nitrogen and oxygen atoms in total. The number of hydrazine groups is 1. The monoisotopic (exact) mass is 252 g/mol. The lowest BCUT2D eigenvalue weighted by molar-refractivity contribution is 0.547. The zero-order valence-corrected chi connectivity index (χ0v) is 10.5. The second-order valence-corrected chi connectivity index (χ2v) is 4.20. The number of nitrogens with zero attached hydrogens (tertiary/aromatic N) is 3. The number of hydrogen-bond acceptors (Lipinski definition) is 5. The number of anilines is 1. The maximum Gasteiger partial charge on any atom is 0.329 e. The number of nitrogen functional groups attached to an aromatic ring is 1. The Kier molecular flexibility index (Phi) is 2.95. The number of nitrogens with one attached hydrogen (secondary N) is 2. The first kappa shape index (κ1) is 12.4. The van der Waals surface area contributed by atoms with Crippen molar-refractivity contribution in [2.75, 3.05) is 5.43 Å². The van der Waals surface area contributed by atoms with Gasteiger partial charge < -0.3 is 4.57 Å². The molecule has 98 valence electrons. The first-order valence-corrected chi connectivity index (χ1v) is 5.69. The molecule has 0 fully saturated rings. The van der Waals surface area contributed by atoms with E-state index >= 15 is 0 Å². The van der Waals surface area contributed by atoms with Gasteiger partial charge in [-0.05, 0) is 13.3 Å². The van der Waals surface area contributed by atoms with Crippen molar-refractivity contribution in [3.63, 3.8) is 0 Å². The highest BCUT2D eigenvalue weighted by molar-refractivity contribution is 5.74. The molecule has 1 atom stereocenters. The van der Waals surface area contributed by atoms with Crippen molar-refractivity contribution in [2.45, 2.75) is 26.3 Å². The van der Waals surface area contributed by atoms with Crippen LogP contribution in [0, 0.1) is 0 Å². The number of nitrogens with two attached hydrogens (primary N) is 1. The van der Waals surface area contributed by atoms with E-state index < -0.39 is 11.2 Å². The summed E-state index contributed by atoms with van der Waals surface area (Å²) in [5, 5.41) is 0. The molecule has 0 saturated heterocycles. The van der Waals surface area contributed by atoms with Crippen LogP contribution in [-0.2, 0) is 7.05 Å². The van der Waals surface area contributed by atoms with E-state index in [0.29, 0.717) is 17.1 Å². The molecule has 2 rings (SSSR count). The Labute approximate surface area is 102 Å². The molecule has 0 aliphatic heterocycles. The van der Waals surface area contributed by atoms with Crippen molar-refractivity contribution < 1.29 is 0 Å². The van der Waals surface area contributed by atoms with Crippen molar-refractivity contribution in [1.29, 1.82) is 0 Å². The summed E-state index contributed by atoms with van der Waals surface area (Å²) in [6, 6.07) is 0.0413. The lowest BCUT2D eigenvalue weighted by atomic mass is 10.2. The van der Waals surface area contributed by atoms with Crippen molar-refractivity contribution in [3.05, 3.63) is 20.8 Å². The molecule has 4 N–H and O–H groups in total. The van der Waals surface area contributed by atoms with Gasteiger partial charge in [-0.15, -0.1) is 0 Å². The first-order chi connectivity index (χ1) is 8.51. The summed E-state index contributed by atoms with van der Waals surface area (Å²) in [6.45, 7) is 3.94. The van der Waals surface area contributed by atoms with Gasteiger partial charge >= 0.3 is 5.69 Å². The van der Waals surface area contributed by atoms with Gasteiger partial charge in [0.25, 0.3) is 5.56 Å². The quantitative estimate of drug-likeness (QED) is 0.512. The van der Waals surface area contributed by atoms with E-state index in [4.69, 9.17) is 5.84 Å². The molecule has 0 bridgehead atoms. The SMILES string of the molecule is CC[C@H](C)n1c(NN)nc2c1c(=O)[nH]c(=O)n2C. The molecule has 0 aliphatic rings. The van der Waals surface area contributed by atoms with Crippen molar-refractivity contribution in [2.24, 2.45) is 12.9 Å². The Hall–Kier alpha value is -2.09. The normalized spacial score (nSPS) is 12.9. The summed E-state index contributed by atoms with van der Waals surface area (Å²) in [6.07, 6.45) is 0.808. The molecule has 0 unspecified atom stereocenters. The summed E-state index contributed by atoms with van der Waals surface area (Å²) in [4.78, 5) is 29.9. The van der Waals surface area contributed by atoms with Crippen LogP contribution in [0.2, 0.25) is 0 Å². The standard InChI is InChI=1S/C10H16N6O2/c1-4-5(2)16-6-7(12-9(16)14-11)15(3)10(18)13-8(6)17/h5H,4,11H2,1-3H3,(H,12,14)(H,13,17,18)/t5-/m0/s1. The predicted molar refractivity (Wildman–Crippen MR) is 68.4 cm³/mol. The number of imidazole rings is 1. The Bertz CT molecular complexity index is 695. The summed E-state index contributed by atoms with van der Waals surface area (Å²) < 4.78 is 2.99. The third kappa shape index (κ3) is 1.61. The van der Waals surface area contributed by atoms with E-state index in [1.807, 2.05) is 13.8 Å². The average molecular weight is 252 g/mol. The lowest BCUT2D eigenvalue weighted by Gasteiger charge is -2.14. The van der Waals surface area contributed by atoms with Gasteiger partial charge in [0.15, 0.2) is 11.2 Å². The van der Waals surface area contributed by atoms with Gasteiger partial charge in [0.1, 0.15) is 0 Å². The van der Waals surface area contributed by atoms with Crippen molar-refractivity contribution in [3.8, 4) is 0 Å². The minimum Gasteiger partial charge on any atom is -0.300 e. The third-order valence-corrected chi connectivity index (χ3v) is 3.11. The van der Waals surface area contributed by atoms with Gasteiger partial charge in [0.05, 0.1) is 0 Å². The molecule has 0 saturated carbocycles. The second kappa shape index (κ2) is 4.30. The first-order valence-electron chi connectivity index (χ1n) is 5.69. The number of H-pyrrole nitrogens is 1. The summed E-state index contributed by atoms with van der Waals surface area (Å²) >= 11 is 0. The van der Waals surface area contributed by atoms with E-state index in [-0.39, 0.29) is 6.04 Å². The molecular weight excluding hydrogens is 236 g/mol. The zero-order chi connectivity index (χ0) is 13.4. The molecule has 0 amide bonds. The van der Waals surface area contributed by atoms with E-state index in [9.17, 15) is 9.59 Å². The topological polar surface area (TPSA) is 111 Å². The molecule has 2 aromatic rings. The number of aromatic nitrogens is 4. The molecular formula is C10H16N6O2. The number of rotatable bonds is 3. The van der Waals surface area contributed by atoms with Gasteiger partial charge in [-0.1, -0.05) is 6.92 Å². The molecule has 0 spiro atoms. The van der Waals surface area contributed by atoms with Crippen LogP contribution in [0.1, 0.15) is 26.3 Å². The molecule has 0 aromatic carbocycles. The Balaban J connectivity index is 2.96. The van der Waals surface area contributed by atoms with E-state index in [0.717, 1.165) is 6.42 Å². The molecule has 0 aliphatic carbocycles. The second-order valence-electron chi connectivity index (χ2n) is 4.20. The fourth-order valence-electron chi connectivity index (χ4n) is 1.92. The zero-order valence-electron chi connectivity index (χ0n) is 10.5. The average Bonchev–Trinajstić information content (AvgIpc) is 2.75. The minimum atomic E-state index is -0.495. The molecule has 8 heteroatoms. The molecule has 2 heterocycles.